The van der Waals surface area contributed by atoms with E-state index in [2.05, 4.69) is 0 Å². The third kappa shape index (κ3) is 1.69. The minimum atomic E-state index is -5.34. The molecule has 0 spiro atoms. The van der Waals surface area contributed by atoms with Gasteiger partial charge in [0.05, 0.1) is 5.75 Å². The first-order valence-corrected chi connectivity index (χ1v) is 3.09. The Labute approximate surface area is 65.7 Å². The summed E-state index contributed by atoms with van der Waals surface area (Å²) in [4.78, 5) is 0. The van der Waals surface area contributed by atoms with Crippen LogP contribution in [0.1, 0.15) is 0 Å². The Bertz CT molecular complexity index is 296. The molecule has 0 heterocycles. The highest BCUT2D eigenvalue weighted by Gasteiger charge is 2.28. The van der Waals surface area contributed by atoms with Gasteiger partial charge in [0.2, 0.25) is 0 Å². The minimum Gasteiger partial charge on any atom is -0.511 e. The lowest BCUT2D eigenvalue weighted by Gasteiger charge is -2.15. The Hall–Kier alpha value is -1.20. The van der Waals surface area contributed by atoms with Crippen LogP contribution in [0.3, 0.4) is 0 Å². The zero-order valence-electron chi connectivity index (χ0n) is 5.77. The molecule has 66 valence electrons. The molecule has 0 saturated heterocycles. The monoisotopic (exact) mass is 179 g/mol. The number of rotatable bonds is 1. The van der Waals surface area contributed by atoms with Gasteiger partial charge in [0.1, 0.15) is 5.82 Å². The summed E-state index contributed by atoms with van der Waals surface area (Å²) in [6.07, 6.45) is 0. The van der Waals surface area contributed by atoms with E-state index >= 15 is 0 Å². The Morgan fingerprint density at radius 1 is 1.17 bits per heavy atom. The van der Waals surface area contributed by atoms with Crippen LogP contribution >= 0.6 is 0 Å². The molecule has 1 aromatic carbocycles. The highest BCUT2D eigenvalue weighted by atomic mass is 19.4. The average molecular weight is 179 g/mol. The van der Waals surface area contributed by atoms with E-state index in [1.165, 1.54) is 0 Å². The van der Waals surface area contributed by atoms with Gasteiger partial charge in [-0.3, -0.25) is 0 Å². The molecule has 6 heteroatoms. The van der Waals surface area contributed by atoms with Crippen molar-refractivity contribution >= 4 is 12.4 Å². The lowest BCUT2D eigenvalue weighted by molar-refractivity contribution is 0.461. The summed E-state index contributed by atoms with van der Waals surface area (Å²) < 4.78 is 48.2. The third-order valence-corrected chi connectivity index (χ3v) is 1.34. The van der Waals surface area contributed by atoms with Gasteiger partial charge >= 0.3 is 6.98 Å². The van der Waals surface area contributed by atoms with E-state index in [9.17, 15) is 17.3 Å². The van der Waals surface area contributed by atoms with E-state index in [0.717, 1.165) is 6.07 Å². The van der Waals surface area contributed by atoms with Crippen LogP contribution in [0.25, 0.3) is 0 Å². The van der Waals surface area contributed by atoms with Gasteiger partial charge in [-0.05, 0) is 18.2 Å². The smallest absolute Gasteiger partial charge is 0.511 e. The first-order chi connectivity index (χ1) is 5.41. The maximum Gasteiger partial charge on any atom is 0.513 e. The van der Waals surface area contributed by atoms with Crippen LogP contribution in [-0.2, 0) is 0 Å². The van der Waals surface area contributed by atoms with Gasteiger partial charge in [-0.25, -0.2) is 4.39 Å². The standard InChI is InChI=1S/C6H4BF4O/c8-4-1-2-6(12)5(3-4)7(9,10)11/h1-3,12H/q-1. The van der Waals surface area contributed by atoms with Crippen LogP contribution in [0.2, 0.25) is 0 Å². The molecule has 0 amide bonds. The van der Waals surface area contributed by atoms with Crippen molar-refractivity contribution in [3.8, 4) is 5.75 Å². The fourth-order valence-electron chi connectivity index (χ4n) is 0.788. The van der Waals surface area contributed by atoms with Crippen molar-refractivity contribution < 1.29 is 22.4 Å². The Kier molecular flexibility index (Phi) is 2.00. The third-order valence-electron chi connectivity index (χ3n) is 1.34. The minimum absolute atomic E-state index is 0.273. The van der Waals surface area contributed by atoms with Gasteiger partial charge in [0, 0.05) is 0 Å². The van der Waals surface area contributed by atoms with Crippen molar-refractivity contribution in [3.05, 3.63) is 24.0 Å². The number of hydrogen-bond acceptors (Lipinski definition) is 1. The Morgan fingerprint density at radius 3 is 2.17 bits per heavy atom. The average Bonchev–Trinajstić information content (AvgIpc) is 1.92. The van der Waals surface area contributed by atoms with Crippen molar-refractivity contribution in [3.63, 3.8) is 0 Å². The van der Waals surface area contributed by atoms with Gasteiger partial charge in [0.15, 0.2) is 0 Å². The quantitative estimate of drug-likeness (QED) is 0.512. The van der Waals surface area contributed by atoms with Crippen molar-refractivity contribution in [1.29, 1.82) is 0 Å². The molecule has 0 saturated carbocycles. The summed E-state index contributed by atoms with van der Waals surface area (Å²) in [5, 5.41) is 8.70. The predicted molar refractivity (Wildman–Crippen MR) is 36.8 cm³/mol. The van der Waals surface area contributed by atoms with Crippen LogP contribution < -0.4 is 5.46 Å². The predicted octanol–water partition coefficient (Wildman–Crippen LogP) is 1.59. The molecule has 0 unspecified atom stereocenters. The SMILES string of the molecule is Oc1ccc(F)cc1[B-](F)(F)F. The summed E-state index contributed by atoms with van der Waals surface area (Å²) in [5.74, 6) is -1.95. The molecule has 0 fully saturated rings. The lowest BCUT2D eigenvalue weighted by atomic mass is 9.79. The van der Waals surface area contributed by atoms with Crippen molar-refractivity contribution in [2.24, 2.45) is 0 Å². The molecule has 12 heavy (non-hydrogen) atoms. The second-order valence-electron chi connectivity index (χ2n) is 2.28. The maximum atomic E-state index is 12.3. The van der Waals surface area contributed by atoms with Crippen LogP contribution in [0, 0.1) is 5.82 Å². The molecular formula is C6H4BF4O-. The normalized spacial score (nSPS) is 11.7. The molecule has 1 N–H and O–H groups in total. The zero-order chi connectivity index (χ0) is 9.35. The number of hydrogen-bond donors (Lipinski definition) is 1. The molecule has 0 atom stereocenters. The molecule has 0 aliphatic rings. The second kappa shape index (κ2) is 2.69. The largest absolute Gasteiger partial charge is 0.513 e. The first-order valence-electron chi connectivity index (χ1n) is 3.09. The number of phenolic OH excluding ortho intramolecular Hbond substituents is 1. The number of phenols is 1. The topological polar surface area (TPSA) is 20.2 Å². The van der Waals surface area contributed by atoms with E-state index in [0.29, 0.717) is 6.07 Å². The molecule has 1 aromatic rings. The van der Waals surface area contributed by atoms with E-state index in [1.807, 2.05) is 0 Å². The van der Waals surface area contributed by atoms with E-state index in [1.54, 1.807) is 0 Å². The van der Waals surface area contributed by atoms with Gasteiger partial charge < -0.3 is 18.1 Å². The van der Waals surface area contributed by atoms with Crippen LogP contribution in [-0.4, -0.2) is 12.1 Å². The summed E-state index contributed by atoms with van der Waals surface area (Å²) in [6.45, 7) is -5.34. The molecule has 0 aliphatic heterocycles. The van der Waals surface area contributed by atoms with E-state index in [-0.39, 0.29) is 6.07 Å². The number of halogens is 4. The Morgan fingerprint density at radius 2 is 1.75 bits per heavy atom. The summed E-state index contributed by atoms with van der Waals surface area (Å²) in [6, 6.07) is 1.72. The maximum absolute atomic E-state index is 12.3. The number of benzene rings is 1. The molecule has 0 aromatic heterocycles. The van der Waals surface area contributed by atoms with Gasteiger partial charge in [-0.15, -0.1) is 0 Å². The van der Waals surface area contributed by atoms with E-state index < -0.39 is 24.0 Å². The molecule has 0 bridgehead atoms. The molecule has 0 radical (unpaired) electrons. The Balaban J connectivity index is 3.23. The second-order valence-corrected chi connectivity index (χ2v) is 2.28. The summed E-state index contributed by atoms with van der Waals surface area (Å²) in [7, 11) is 0. The van der Waals surface area contributed by atoms with E-state index in [4.69, 9.17) is 5.11 Å². The summed E-state index contributed by atoms with van der Waals surface area (Å²) in [5.41, 5.74) is -1.30. The van der Waals surface area contributed by atoms with Gasteiger partial charge in [0.25, 0.3) is 0 Å². The fraction of sp³-hybridized carbons (Fsp3) is 0. The molecular weight excluding hydrogens is 175 g/mol. The van der Waals surface area contributed by atoms with Crippen LogP contribution in [0.15, 0.2) is 18.2 Å². The van der Waals surface area contributed by atoms with Crippen molar-refractivity contribution in [1.82, 2.24) is 0 Å². The van der Waals surface area contributed by atoms with Crippen LogP contribution in [0.5, 0.6) is 5.75 Å². The summed E-state index contributed by atoms with van der Waals surface area (Å²) >= 11 is 0. The molecule has 0 aliphatic carbocycles. The number of aromatic hydroxyl groups is 1. The van der Waals surface area contributed by atoms with Gasteiger partial charge in [-0.1, -0.05) is 5.46 Å². The highest BCUT2D eigenvalue weighted by Crippen LogP contribution is 2.16. The van der Waals surface area contributed by atoms with Crippen molar-refractivity contribution in [2.45, 2.75) is 0 Å². The molecule has 1 nitrogen and oxygen atoms in total. The molecule has 1 rings (SSSR count). The lowest BCUT2D eigenvalue weighted by Crippen LogP contribution is -2.34. The van der Waals surface area contributed by atoms with Gasteiger partial charge in [-0.2, -0.15) is 0 Å². The van der Waals surface area contributed by atoms with Crippen molar-refractivity contribution in [2.75, 3.05) is 0 Å². The zero-order valence-corrected chi connectivity index (χ0v) is 5.77. The first kappa shape index (κ1) is 8.90. The van der Waals surface area contributed by atoms with Crippen LogP contribution in [0.4, 0.5) is 17.3 Å². The fourth-order valence-corrected chi connectivity index (χ4v) is 0.788. The highest BCUT2D eigenvalue weighted by molar-refractivity contribution is 6.74.